The van der Waals surface area contributed by atoms with Crippen molar-refractivity contribution in [1.82, 2.24) is 4.90 Å². The molecule has 1 saturated heterocycles. The first-order valence-electron chi connectivity index (χ1n) is 8.44. The second-order valence-electron chi connectivity index (χ2n) is 7.34. The van der Waals surface area contributed by atoms with Gasteiger partial charge in [-0.3, -0.25) is 9.59 Å². The summed E-state index contributed by atoms with van der Waals surface area (Å²) in [6.45, 7) is 5.14. The van der Waals surface area contributed by atoms with Gasteiger partial charge in [0.2, 0.25) is 5.91 Å². The van der Waals surface area contributed by atoms with E-state index in [0.29, 0.717) is 5.92 Å². The van der Waals surface area contributed by atoms with Crippen LogP contribution in [-0.2, 0) is 9.59 Å². The fourth-order valence-corrected chi connectivity index (χ4v) is 3.33. The lowest BCUT2D eigenvalue weighted by atomic mass is 9.84. The molecule has 0 spiro atoms. The number of piperidine rings is 1. The Balaban J connectivity index is 1.87. The predicted octanol–water partition coefficient (Wildman–Crippen LogP) is 3.29. The molecule has 5 heteroatoms. The molecular formula is C19H27NO4. The molecule has 1 amide bonds. The number of benzene rings is 1. The van der Waals surface area contributed by atoms with Crippen LogP contribution in [0.5, 0.6) is 5.75 Å². The molecule has 0 bridgehead atoms. The number of carboxylic acid groups (broad SMARTS) is 1. The lowest BCUT2D eigenvalue weighted by molar-refractivity contribution is -0.141. The molecule has 1 fully saturated rings. The Hall–Kier alpha value is -2.04. The van der Waals surface area contributed by atoms with Crippen LogP contribution in [0.1, 0.15) is 51.0 Å². The average molecular weight is 333 g/mol. The second-order valence-corrected chi connectivity index (χ2v) is 7.34. The Morgan fingerprint density at radius 2 is 1.75 bits per heavy atom. The maximum atomic E-state index is 12.4. The Kier molecular flexibility index (Phi) is 5.86. The summed E-state index contributed by atoms with van der Waals surface area (Å²) < 4.78 is 5.18. The molecule has 0 aliphatic carbocycles. The van der Waals surface area contributed by atoms with Crippen molar-refractivity contribution in [3.05, 3.63) is 29.8 Å². The number of ether oxygens (including phenoxy) is 1. The Morgan fingerprint density at radius 3 is 2.25 bits per heavy atom. The molecule has 5 nitrogen and oxygen atoms in total. The highest BCUT2D eigenvalue weighted by molar-refractivity contribution is 5.78. The first-order chi connectivity index (χ1) is 11.3. The van der Waals surface area contributed by atoms with Crippen LogP contribution in [-0.4, -0.2) is 42.1 Å². The number of nitrogens with zero attached hydrogens (tertiary/aromatic N) is 1. The normalized spacial score (nSPS) is 16.0. The number of methoxy groups -OCH3 is 1. The second kappa shape index (κ2) is 7.69. The van der Waals surface area contributed by atoms with Gasteiger partial charge in [-0.15, -0.1) is 0 Å². The summed E-state index contributed by atoms with van der Waals surface area (Å²) in [4.78, 5) is 25.2. The molecule has 0 unspecified atom stereocenters. The molecule has 1 aliphatic heterocycles. The van der Waals surface area contributed by atoms with Crippen molar-refractivity contribution in [1.29, 1.82) is 0 Å². The Morgan fingerprint density at radius 1 is 1.17 bits per heavy atom. The van der Waals surface area contributed by atoms with E-state index in [-0.39, 0.29) is 18.7 Å². The number of carboxylic acids is 1. The van der Waals surface area contributed by atoms with Crippen LogP contribution >= 0.6 is 0 Å². The van der Waals surface area contributed by atoms with Gasteiger partial charge in [0.1, 0.15) is 5.75 Å². The third-order valence-electron chi connectivity index (χ3n) is 4.69. The van der Waals surface area contributed by atoms with Crippen molar-refractivity contribution < 1.29 is 19.4 Å². The van der Waals surface area contributed by atoms with Crippen LogP contribution < -0.4 is 4.74 Å². The zero-order valence-electron chi connectivity index (χ0n) is 14.7. The number of likely N-dealkylation sites (tertiary alicyclic amines) is 1. The smallest absolute Gasteiger partial charge is 0.303 e. The number of hydrogen-bond acceptors (Lipinski definition) is 3. The summed E-state index contributed by atoms with van der Waals surface area (Å²) in [6.07, 6.45) is 2.18. The molecule has 1 aromatic carbocycles. The van der Waals surface area contributed by atoms with Crippen LogP contribution in [0, 0.1) is 5.41 Å². The molecule has 0 radical (unpaired) electrons. The summed E-state index contributed by atoms with van der Waals surface area (Å²) in [5, 5.41) is 8.94. The van der Waals surface area contributed by atoms with E-state index < -0.39 is 11.4 Å². The number of rotatable bonds is 6. The van der Waals surface area contributed by atoms with E-state index in [1.165, 1.54) is 5.56 Å². The van der Waals surface area contributed by atoms with E-state index >= 15 is 0 Å². The van der Waals surface area contributed by atoms with Gasteiger partial charge in [-0.25, -0.2) is 0 Å². The number of aliphatic carboxylic acids is 1. The van der Waals surface area contributed by atoms with Gasteiger partial charge in [0.25, 0.3) is 0 Å². The molecule has 1 heterocycles. The minimum absolute atomic E-state index is 0.0149. The number of carbonyl (C=O) groups excluding carboxylic acids is 1. The van der Waals surface area contributed by atoms with E-state index in [1.54, 1.807) is 7.11 Å². The molecule has 132 valence electrons. The fourth-order valence-electron chi connectivity index (χ4n) is 3.33. The lowest BCUT2D eigenvalue weighted by Gasteiger charge is -2.34. The molecule has 0 aromatic heterocycles. The molecule has 2 rings (SSSR count). The largest absolute Gasteiger partial charge is 0.497 e. The van der Waals surface area contributed by atoms with Crippen molar-refractivity contribution in [3.63, 3.8) is 0 Å². The summed E-state index contributed by atoms with van der Waals surface area (Å²) in [5.41, 5.74) is 0.782. The van der Waals surface area contributed by atoms with Crippen LogP contribution in [0.4, 0.5) is 0 Å². The predicted molar refractivity (Wildman–Crippen MR) is 92.2 cm³/mol. The zero-order chi connectivity index (χ0) is 17.7. The summed E-state index contributed by atoms with van der Waals surface area (Å²) >= 11 is 0. The molecule has 0 atom stereocenters. The molecule has 24 heavy (non-hydrogen) atoms. The van der Waals surface area contributed by atoms with E-state index in [2.05, 4.69) is 12.1 Å². The average Bonchev–Trinajstić information content (AvgIpc) is 2.53. The van der Waals surface area contributed by atoms with E-state index in [4.69, 9.17) is 9.84 Å². The van der Waals surface area contributed by atoms with Gasteiger partial charge in [0.05, 0.1) is 13.5 Å². The number of hydrogen-bond donors (Lipinski definition) is 1. The van der Waals surface area contributed by atoms with Crippen LogP contribution in [0.15, 0.2) is 24.3 Å². The zero-order valence-corrected chi connectivity index (χ0v) is 14.7. The van der Waals surface area contributed by atoms with Crippen molar-refractivity contribution in [2.45, 2.75) is 45.4 Å². The van der Waals surface area contributed by atoms with Gasteiger partial charge in [-0.1, -0.05) is 26.0 Å². The van der Waals surface area contributed by atoms with Gasteiger partial charge < -0.3 is 14.7 Å². The standard InChI is InChI=1S/C19H27NO4/c1-19(2,13-18(22)23)12-17(21)20-10-8-15(9-11-20)14-4-6-16(24-3)7-5-14/h4-7,15H,8-13H2,1-3H3,(H,22,23). The van der Waals surface area contributed by atoms with Gasteiger partial charge in [0, 0.05) is 19.5 Å². The molecule has 1 aliphatic rings. The molecule has 1 N–H and O–H groups in total. The van der Waals surface area contributed by atoms with Crippen LogP contribution in [0.25, 0.3) is 0 Å². The third-order valence-corrected chi connectivity index (χ3v) is 4.69. The van der Waals surface area contributed by atoms with Crippen LogP contribution in [0.3, 0.4) is 0 Å². The highest BCUT2D eigenvalue weighted by Gasteiger charge is 2.30. The summed E-state index contributed by atoms with van der Waals surface area (Å²) in [6, 6.07) is 8.14. The van der Waals surface area contributed by atoms with Crippen molar-refractivity contribution in [2.75, 3.05) is 20.2 Å². The fraction of sp³-hybridized carbons (Fsp3) is 0.579. The van der Waals surface area contributed by atoms with E-state index in [0.717, 1.165) is 31.7 Å². The van der Waals surface area contributed by atoms with Crippen molar-refractivity contribution >= 4 is 11.9 Å². The maximum absolute atomic E-state index is 12.4. The van der Waals surface area contributed by atoms with Crippen molar-refractivity contribution in [3.8, 4) is 5.75 Å². The highest BCUT2D eigenvalue weighted by atomic mass is 16.5. The minimum atomic E-state index is -0.856. The van der Waals surface area contributed by atoms with Crippen LogP contribution in [0.2, 0.25) is 0 Å². The number of amides is 1. The Labute approximate surface area is 143 Å². The first-order valence-corrected chi connectivity index (χ1v) is 8.44. The van der Waals surface area contributed by atoms with Gasteiger partial charge in [-0.2, -0.15) is 0 Å². The van der Waals surface area contributed by atoms with Gasteiger partial charge in [-0.05, 0) is 41.9 Å². The minimum Gasteiger partial charge on any atom is -0.497 e. The SMILES string of the molecule is COc1ccc(C2CCN(C(=O)CC(C)(C)CC(=O)O)CC2)cc1. The van der Waals surface area contributed by atoms with Gasteiger partial charge in [0.15, 0.2) is 0 Å². The van der Waals surface area contributed by atoms with E-state index in [1.807, 2.05) is 30.9 Å². The third kappa shape index (κ3) is 4.98. The molecular weight excluding hydrogens is 306 g/mol. The maximum Gasteiger partial charge on any atom is 0.303 e. The molecule has 0 saturated carbocycles. The monoisotopic (exact) mass is 333 g/mol. The lowest BCUT2D eigenvalue weighted by Crippen LogP contribution is -2.40. The first kappa shape index (κ1) is 18.3. The topological polar surface area (TPSA) is 66.8 Å². The van der Waals surface area contributed by atoms with Gasteiger partial charge >= 0.3 is 5.97 Å². The summed E-state index contributed by atoms with van der Waals surface area (Å²) in [7, 11) is 1.66. The van der Waals surface area contributed by atoms with Crippen molar-refractivity contribution in [2.24, 2.45) is 5.41 Å². The quantitative estimate of drug-likeness (QED) is 0.867. The van der Waals surface area contributed by atoms with E-state index in [9.17, 15) is 9.59 Å². The highest BCUT2D eigenvalue weighted by Crippen LogP contribution is 2.31. The summed E-state index contributed by atoms with van der Waals surface area (Å²) in [5.74, 6) is 0.527. The Bertz CT molecular complexity index is 572. The number of carbonyl (C=O) groups is 2. The molecule has 1 aromatic rings.